The Morgan fingerprint density at radius 2 is 1.74 bits per heavy atom. The highest BCUT2D eigenvalue weighted by Crippen LogP contribution is 2.31. The minimum Gasteiger partial charge on any atom is -0.497 e. The number of hydrogen-bond acceptors (Lipinski definition) is 7. The fourth-order valence-corrected chi connectivity index (χ4v) is 5.23. The Morgan fingerprint density at radius 3 is 2.47 bits per heavy atom. The summed E-state index contributed by atoms with van der Waals surface area (Å²) in [6, 6.07) is 16.3. The maximum absolute atomic E-state index is 5.63. The van der Waals surface area contributed by atoms with E-state index in [2.05, 4.69) is 48.8 Å². The normalized spacial score (nSPS) is 14.7. The van der Waals surface area contributed by atoms with E-state index in [1.165, 1.54) is 0 Å². The molecular weight excluding hydrogens is 476 g/mol. The smallest absolute Gasteiger partial charge is 0.168 e. The number of methoxy groups -OCH3 is 2. The second-order valence-electron chi connectivity index (χ2n) is 10.4. The first-order valence-corrected chi connectivity index (χ1v) is 13.5. The van der Waals surface area contributed by atoms with Gasteiger partial charge in [0.1, 0.15) is 23.1 Å². The fourth-order valence-electron chi connectivity index (χ4n) is 5.23. The summed E-state index contributed by atoms with van der Waals surface area (Å²) < 4.78 is 13.1. The zero-order valence-electron chi connectivity index (χ0n) is 23.1. The van der Waals surface area contributed by atoms with E-state index in [-0.39, 0.29) is 0 Å². The van der Waals surface area contributed by atoms with Crippen molar-refractivity contribution in [2.45, 2.75) is 40.2 Å². The lowest BCUT2D eigenvalue weighted by molar-refractivity contribution is 0.279. The fraction of sp³-hybridized carbons (Fsp3) is 0.433. The minimum absolute atomic E-state index is 0.465. The van der Waals surface area contributed by atoms with Gasteiger partial charge in [0.25, 0.3) is 0 Å². The Balaban J connectivity index is 1.46. The summed E-state index contributed by atoms with van der Waals surface area (Å²) in [5.41, 5.74) is 4.00. The van der Waals surface area contributed by atoms with Crippen LogP contribution in [0.15, 0.2) is 48.5 Å². The molecule has 3 heterocycles. The highest BCUT2D eigenvalue weighted by Gasteiger charge is 2.24. The summed E-state index contributed by atoms with van der Waals surface area (Å²) in [7, 11) is 3.43. The molecule has 5 rings (SSSR count). The molecule has 2 aromatic carbocycles. The molecule has 1 fully saturated rings. The van der Waals surface area contributed by atoms with Gasteiger partial charge in [-0.15, -0.1) is 0 Å². The number of para-hydroxylation sites is 1. The number of fused-ring (bicyclic) bond motifs is 1. The van der Waals surface area contributed by atoms with Gasteiger partial charge in [-0.1, -0.05) is 32.0 Å². The number of anilines is 1. The number of benzene rings is 2. The molecule has 0 saturated carbocycles. The highest BCUT2D eigenvalue weighted by molar-refractivity contribution is 5.91. The summed E-state index contributed by atoms with van der Waals surface area (Å²) in [5, 5.41) is 5.96. The molecule has 1 aliphatic rings. The van der Waals surface area contributed by atoms with E-state index in [4.69, 9.17) is 24.5 Å². The van der Waals surface area contributed by atoms with Gasteiger partial charge in [-0.05, 0) is 49.6 Å². The molecule has 0 N–H and O–H groups in total. The van der Waals surface area contributed by atoms with Gasteiger partial charge in [-0.25, -0.2) is 14.6 Å². The van der Waals surface area contributed by atoms with Crippen LogP contribution in [0, 0.1) is 12.8 Å². The number of hydrogen-bond donors (Lipinski definition) is 0. The molecule has 1 aliphatic heterocycles. The average molecular weight is 515 g/mol. The van der Waals surface area contributed by atoms with Crippen molar-refractivity contribution in [2.24, 2.45) is 5.92 Å². The zero-order chi connectivity index (χ0) is 26.6. The van der Waals surface area contributed by atoms with Crippen molar-refractivity contribution in [1.82, 2.24) is 24.6 Å². The van der Waals surface area contributed by atoms with Gasteiger partial charge < -0.3 is 14.4 Å². The van der Waals surface area contributed by atoms with Crippen LogP contribution < -0.4 is 14.4 Å². The van der Waals surface area contributed by atoms with Crippen molar-refractivity contribution in [2.75, 3.05) is 45.3 Å². The van der Waals surface area contributed by atoms with Crippen molar-refractivity contribution >= 4 is 16.9 Å². The number of nitrogens with zero attached hydrogens (tertiary/aromatic N) is 6. The third-order valence-electron chi connectivity index (χ3n) is 7.09. The molecule has 0 aliphatic carbocycles. The minimum atomic E-state index is 0.465. The van der Waals surface area contributed by atoms with Crippen LogP contribution in [0.4, 0.5) is 5.82 Å². The third-order valence-corrected chi connectivity index (χ3v) is 7.09. The number of rotatable bonds is 8. The molecule has 4 aromatic rings. The van der Waals surface area contributed by atoms with E-state index in [1.807, 2.05) is 35.0 Å². The Bertz CT molecular complexity index is 1380. The number of aryl methyl sites for hydroxylation is 1. The van der Waals surface area contributed by atoms with Gasteiger partial charge in [0.15, 0.2) is 5.65 Å². The topological polar surface area (TPSA) is 68.5 Å². The molecule has 0 atom stereocenters. The van der Waals surface area contributed by atoms with Crippen LogP contribution in [0.5, 0.6) is 11.5 Å². The second-order valence-corrected chi connectivity index (χ2v) is 10.4. The van der Waals surface area contributed by atoms with Crippen molar-refractivity contribution in [1.29, 1.82) is 0 Å². The van der Waals surface area contributed by atoms with Gasteiger partial charge in [0.2, 0.25) is 0 Å². The molecule has 0 radical (unpaired) electrons. The molecule has 0 amide bonds. The lowest BCUT2D eigenvalue weighted by Gasteiger charge is -2.24. The summed E-state index contributed by atoms with van der Waals surface area (Å²) in [4.78, 5) is 15.1. The van der Waals surface area contributed by atoms with E-state index in [0.29, 0.717) is 5.92 Å². The van der Waals surface area contributed by atoms with Crippen molar-refractivity contribution < 1.29 is 9.47 Å². The van der Waals surface area contributed by atoms with E-state index in [1.54, 1.807) is 14.2 Å². The van der Waals surface area contributed by atoms with Crippen molar-refractivity contribution in [3.8, 4) is 17.2 Å². The first-order chi connectivity index (χ1) is 18.5. The van der Waals surface area contributed by atoms with Crippen LogP contribution >= 0.6 is 0 Å². The summed E-state index contributed by atoms with van der Waals surface area (Å²) in [6.45, 7) is 11.1. The van der Waals surface area contributed by atoms with E-state index in [9.17, 15) is 0 Å². The summed E-state index contributed by atoms with van der Waals surface area (Å²) in [6.07, 6.45) is 1.88. The number of aromatic nitrogens is 4. The molecule has 1 saturated heterocycles. The lowest BCUT2D eigenvalue weighted by Crippen LogP contribution is -2.31. The molecule has 8 heteroatoms. The zero-order valence-corrected chi connectivity index (χ0v) is 23.1. The maximum Gasteiger partial charge on any atom is 0.168 e. The highest BCUT2D eigenvalue weighted by atomic mass is 16.5. The molecule has 38 heavy (non-hydrogen) atoms. The van der Waals surface area contributed by atoms with Crippen molar-refractivity contribution in [3.63, 3.8) is 0 Å². The average Bonchev–Trinajstić information content (AvgIpc) is 3.08. The Kier molecular flexibility index (Phi) is 7.79. The number of ether oxygens (including phenoxy) is 2. The quantitative estimate of drug-likeness (QED) is 0.326. The van der Waals surface area contributed by atoms with E-state index < -0.39 is 0 Å². The first-order valence-electron chi connectivity index (χ1n) is 13.5. The van der Waals surface area contributed by atoms with E-state index >= 15 is 0 Å². The standard InChI is InChI=1S/C30H38N6O2/c1-21(2)18-27-31-29(28-22(3)33-36(30(28)32-27)24-10-7-6-8-11-24)35-15-9-14-34(16-17-35)20-23-19-25(37-4)12-13-26(23)38-5/h6-8,10-13,19,21H,9,14-18,20H2,1-5H3. The lowest BCUT2D eigenvalue weighted by atomic mass is 10.1. The predicted molar refractivity (Wildman–Crippen MR) is 152 cm³/mol. The van der Waals surface area contributed by atoms with Crippen LogP contribution in [-0.2, 0) is 13.0 Å². The van der Waals surface area contributed by atoms with E-state index in [0.717, 1.165) is 96.7 Å². The molecule has 8 nitrogen and oxygen atoms in total. The monoisotopic (exact) mass is 514 g/mol. The van der Waals surface area contributed by atoms with Gasteiger partial charge in [-0.2, -0.15) is 5.10 Å². The molecule has 0 spiro atoms. The maximum atomic E-state index is 5.63. The van der Waals surface area contributed by atoms with Gasteiger partial charge in [0, 0.05) is 44.7 Å². The molecule has 200 valence electrons. The van der Waals surface area contributed by atoms with Gasteiger partial charge in [-0.3, -0.25) is 4.90 Å². The molecule has 2 aromatic heterocycles. The van der Waals surface area contributed by atoms with Crippen LogP contribution in [-0.4, -0.2) is 65.0 Å². The first kappa shape index (κ1) is 26.0. The van der Waals surface area contributed by atoms with Crippen LogP contribution in [0.3, 0.4) is 0 Å². The summed E-state index contributed by atoms with van der Waals surface area (Å²) in [5.74, 6) is 4.09. The largest absolute Gasteiger partial charge is 0.497 e. The molecule has 0 bridgehead atoms. The Morgan fingerprint density at radius 1 is 0.921 bits per heavy atom. The van der Waals surface area contributed by atoms with Crippen LogP contribution in [0.2, 0.25) is 0 Å². The van der Waals surface area contributed by atoms with Gasteiger partial charge in [0.05, 0.1) is 31.0 Å². The Labute approximate surface area is 225 Å². The van der Waals surface area contributed by atoms with Crippen LogP contribution in [0.1, 0.15) is 37.4 Å². The molecular formula is C30H38N6O2. The van der Waals surface area contributed by atoms with Crippen molar-refractivity contribution in [3.05, 3.63) is 65.6 Å². The predicted octanol–water partition coefficient (Wildman–Crippen LogP) is 5.05. The Hall–Kier alpha value is -3.65. The third kappa shape index (κ3) is 5.45. The van der Waals surface area contributed by atoms with Gasteiger partial charge >= 0.3 is 0 Å². The molecule has 0 unspecified atom stereocenters. The SMILES string of the molecule is COc1ccc(OC)c(CN2CCCN(c3nc(CC(C)C)nc4c3c(C)nn4-c3ccccc3)CC2)c1. The van der Waals surface area contributed by atoms with Crippen LogP contribution in [0.25, 0.3) is 16.7 Å². The summed E-state index contributed by atoms with van der Waals surface area (Å²) >= 11 is 0. The second kappa shape index (κ2) is 11.4.